The molecule has 7 nitrogen and oxygen atoms in total. The Kier molecular flexibility index (Phi) is 5.10. The molecule has 1 saturated heterocycles. The Labute approximate surface area is 142 Å². The third kappa shape index (κ3) is 3.73. The van der Waals surface area contributed by atoms with Crippen molar-refractivity contribution in [1.82, 2.24) is 25.4 Å². The number of hydrogen-bond donors (Lipinski definition) is 2. The Balaban J connectivity index is 1.62. The van der Waals surface area contributed by atoms with Crippen molar-refractivity contribution in [3.05, 3.63) is 41.9 Å². The van der Waals surface area contributed by atoms with Crippen molar-refractivity contribution >= 4 is 11.7 Å². The molecule has 2 aromatic rings. The summed E-state index contributed by atoms with van der Waals surface area (Å²) in [7, 11) is 3.61. The lowest BCUT2D eigenvalue weighted by molar-refractivity contribution is -0.123. The van der Waals surface area contributed by atoms with E-state index in [0.29, 0.717) is 6.54 Å². The summed E-state index contributed by atoms with van der Waals surface area (Å²) in [4.78, 5) is 19.2. The SMILES string of the molecule is CNC(C(=O)NCc1ccnc(N2CCCC2)c1)c1cnn(C)c1. The first-order valence-electron chi connectivity index (χ1n) is 8.31. The predicted octanol–water partition coefficient (Wildman–Crippen LogP) is 0.992. The summed E-state index contributed by atoms with van der Waals surface area (Å²) in [6.45, 7) is 2.61. The van der Waals surface area contributed by atoms with E-state index < -0.39 is 6.04 Å². The number of nitrogens with zero attached hydrogens (tertiary/aromatic N) is 4. The van der Waals surface area contributed by atoms with Gasteiger partial charge in [0.05, 0.1) is 6.20 Å². The standard InChI is InChI=1S/C17H24N6O/c1-18-16(14-11-21-22(2)12-14)17(24)20-10-13-5-6-19-15(9-13)23-7-3-4-8-23/h5-6,9,11-12,16,18H,3-4,7-8,10H2,1-2H3,(H,20,24). The summed E-state index contributed by atoms with van der Waals surface area (Å²) >= 11 is 0. The Bertz CT molecular complexity index is 692. The molecule has 1 atom stereocenters. The van der Waals surface area contributed by atoms with E-state index >= 15 is 0 Å². The van der Waals surface area contributed by atoms with Crippen molar-refractivity contribution < 1.29 is 4.79 Å². The first kappa shape index (κ1) is 16.4. The van der Waals surface area contributed by atoms with E-state index in [-0.39, 0.29) is 5.91 Å². The van der Waals surface area contributed by atoms with Crippen molar-refractivity contribution in [3.8, 4) is 0 Å². The van der Waals surface area contributed by atoms with Gasteiger partial charge in [0.1, 0.15) is 11.9 Å². The van der Waals surface area contributed by atoms with E-state index in [1.54, 1.807) is 17.9 Å². The highest BCUT2D eigenvalue weighted by molar-refractivity contribution is 5.83. The number of carbonyl (C=O) groups is 1. The van der Waals surface area contributed by atoms with Gasteiger partial charge in [-0.25, -0.2) is 4.98 Å². The van der Waals surface area contributed by atoms with Crippen molar-refractivity contribution in [3.63, 3.8) is 0 Å². The van der Waals surface area contributed by atoms with E-state index in [1.807, 2.05) is 25.5 Å². The van der Waals surface area contributed by atoms with Gasteiger partial charge in [0, 0.05) is 44.6 Å². The largest absolute Gasteiger partial charge is 0.357 e. The quantitative estimate of drug-likeness (QED) is 0.827. The number of aromatic nitrogens is 3. The highest BCUT2D eigenvalue weighted by atomic mass is 16.2. The number of rotatable bonds is 6. The normalized spacial score (nSPS) is 15.5. The summed E-state index contributed by atoms with van der Waals surface area (Å²) in [6, 6.07) is 3.60. The maximum Gasteiger partial charge on any atom is 0.242 e. The number of hydrogen-bond acceptors (Lipinski definition) is 5. The molecule has 2 aromatic heterocycles. The lowest BCUT2D eigenvalue weighted by atomic mass is 10.1. The van der Waals surface area contributed by atoms with Gasteiger partial charge >= 0.3 is 0 Å². The van der Waals surface area contributed by atoms with Crippen LogP contribution in [0.15, 0.2) is 30.7 Å². The van der Waals surface area contributed by atoms with E-state index in [2.05, 4.69) is 31.7 Å². The average molecular weight is 328 g/mol. The van der Waals surface area contributed by atoms with E-state index in [9.17, 15) is 4.79 Å². The molecular formula is C17H24N6O. The Morgan fingerprint density at radius 1 is 1.38 bits per heavy atom. The molecule has 7 heteroatoms. The maximum atomic E-state index is 12.5. The molecule has 0 bridgehead atoms. The van der Waals surface area contributed by atoms with Gasteiger partial charge in [-0.15, -0.1) is 0 Å². The summed E-state index contributed by atoms with van der Waals surface area (Å²) in [6.07, 6.45) is 7.80. The third-order valence-corrected chi connectivity index (χ3v) is 4.32. The van der Waals surface area contributed by atoms with Gasteiger partial charge in [0.2, 0.25) is 5.91 Å². The van der Waals surface area contributed by atoms with Crippen LogP contribution in [-0.2, 0) is 18.4 Å². The molecule has 1 fully saturated rings. The molecule has 24 heavy (non-hydrogen) atoms. The fourth-order valence-corrected chi connectivity index (χ4v) is 3.02. The average Bonchev–Trinajstić information content (AvgIpc) is 3.26. The monoisotopic (exact) mass is 328 g/mol. The molecule has 0 aromatic carbocycles. The fraction of sp³-hybridized carbons (Fsp3) is 0.471. The minimum atomic E-state index is -0.404. The molecule has 1 aliphatic rings. The lowest BCUT2D eigenvalue weighted by Crippen LogP contribution is -2.35. The van der Waals surface area contributed by atoms with Crippen LogP contribution in [0, 0.1) is 0 Å². The zero-order chi connectivity index (χ0) is 16.9. The van der Waals surface area contributed by atoms with Crippen LogP contribution in [0.1, 0.15) is 30.0 Å². The molecule has 0 spiro atoms. The molecule has 3 heterocycles. The van der Waals surface area contributed by atoms with Gasteiger partial charge in [-0.05, 0) is 37.6 Å². The number of nitrogens with one attached hydrogen (secondary N) is 2. The van der Waals surface area contributed by atoms with Crippen molar-refractivity contribution in [2.75, 3.05) is 25.0 Å². The molecular weight excluding hydrogens is 304 g/mol. The van der Waals surface area contributed by atoms with Gasteiger partial charge in [0.25, 0.3) is 0 Å². The van der Waals surface area contributed by atoms with Gasteiger partial charge in [-0.2, -0.15) is 5.10 Å². The topological polar surface area (TPSA) is 75.1 Å². The molecule has 1 aliphatic heterocycles. The number of aryl methyl sites for hydroxylation is 1. The Hall–Kier alpha value is -2.41. The highest BCUT2D eigenvalue weighted by Gasteiger charge is 2.20. The number of amides is 1. The second-order valence-corrected chi connectivity index (χ2v) is 6.10. The lowest BCUT2D eigenvalue weighted by Gasteiger charge is -2.18. The summed E-state index contributed by atoms with van der Waals surface area (Å²) < 4.78 is 1.69. The molecule has 2 N–H and O–H groups in total. The van der Waals surface area contributed by atoms with E-state index in [1.165, 1.54) is 12.8 Å². The molecule has 0 aliphatic carbocycles. The number of anilines is 1. The number of pyridine rings is 1. The fourth-order valence-electron chi connectivity index (χ4n) is 3.02. The minimum absolute atomic E-state index is 0.0648. The maximum absolute atomic E-state index is 12.5. The van der Waals surface area contributed by atoms with Crippen LogP contribution in [0.5, 0.6) is 0 Å². The molecule has 1 unspecified atom stereocenters. The van der Waals surface area contributed by atoms with Crippen LogP contribution in [0.25, 0.3) is 0 Å². The van der Waals surface area contributed by atoms with E-state index in [0.717, 1.165) is 30.0 Å². The summed E-state index contributed by atoms with van der Waals surface area (Å²) in [5, 5.41) is 10.2. The van der Waals surface area contributed by atoms with Crippen molar-refractivity contribution in [2.24, 2.45) is 7.05 Å². The first-order chi connectivity index (χ1) is 11.7. The van der Waals surface area contributed by atoms with Crippen LogP contribution in [0.4, 0.5) is 5.82 Å². The van der Waals surface area contributed by atoms with Crippen molar-refractivity contribution in [1.29, 1.82) is 0 Å². The van der Waals surface area contributed by atoms with E-state index in [4.69, 9.17) is 0 Å². The van der Waals surface area contributed by atoms with Crippen LogP contribution < -0.4 is 15.5 Å². The van der Waals surface area contributed by atoms with Gasteiger partial charge < -0.3 is 15.5 Å². The molecule has 0 saturated carbocycles. The number of carbonyl (C=O) groups excluding carboxylic acids is 1. The Morgan fingerprint density at radius 3 is 2.83 bits per heavy atom. The molecule has 0 radical (unpaired) electrons. The van der Waals surface area contributed by atoms with Crippen molar-refractivity contribution in [2.45, 2.75) is 25.4 Å². The minimum Gasteiger partial charge on any atom is -0.357 e. The van der Waals surface area contributed by atoms with Gasteiger partial charge in [-0.3, -0.25) is 9.48 Å². The van der Waals surface area contributed by atoms with Crippen LogP contribution in [0.3, 0.4) is 0 Å². The second-order valence-electron chi connectivity index (χ2n) is 6.10. The zero-order valence-electron chi connectivity index (χ0n) is 14.2. The smallest absolute Gasteiger partial charge is 0.242 e. The van der Waals surface area contributed by atoms with Crippen LogP contribution in [0.2, 0.25) is 0 Å². The number of likely N-dealkylation sites (N-methyl/N-ethyl adjacent to an activating group) is 1. The highest BCUT2D eigenvalue weighted by Crippen LogP contribution is 2.18. The molecule has 3 rings (SSSR count). The van der Waals surface area contributed by atoms with Crippen LogP contribution >= 0.6 is 0 Å². The second kappa shape index (κ2) is 7.44. The zero-order valence-corrected chi connectivity index (χ0v) is 14.2. The van der Waals surface area contributed by atoms with Gasteiger partial charge in [0.15, 0.2) is 0 Å². The Morgan fingerprint density at radius 2 is 2.17 bits per heavy atom. The summed E-state index contributed by atoms with van der Waals surface area (Å²) in [5.74, 6) is 0.932. The molecule has 128 valence electrons. The first-order valence-corrected chi connectivity index (χ1v) is 8.31. The van der Waals surface area contributed by atoms with Crippen LogP contribution in [-0.4, -0.2) is 40.8 Å². The van der Waals surface area contributed by atoms with Gasteiger partial charge in [-0.1, -0.05) is 0 Å². The predicted molar refractivity (Wildman–Crippen MR) is 92.5 cm³/mol. The third-order valence-electron chi connectivity index (χ3n) is 4.32. The molecule has 1 amide bonds. The summed E-state index contributed by atoms with van der Waals surface area (Å²) in [5.41, 5.74) is 1.91.